The Hall–Kier alpha value is -6.38. The summed E-state index contributed by atoms with van der Waals surface area (Å²) in [5, 5.41) is 2.62. The Kier molecular flexibility index (Phi) is 11.7. The number of imide groups is 1. The Bertz CT molecular complexity index is 2920. The number of H-pyrrole nitrogens is 1. The number of rotatable bonds is 11. The summed E-state index contributed by atoms with van der Waals surface area (Å²) in [5.41, 5.74) is 2.58. The van der Waals surface area contributed by atoms with E-state index in [1.54, 1.807) is 18.3 Å². The number of halogens is 4. The first-order valence-corrected chi connectivity index (χ1v) is 23.9. The van der Waals surface area contributed by atoms with Crippen LogP contribution in [-0.4, -0.2) is 127 Å². The van der Waals surface area contributed by atoms with E-state index in [0.29, 0.717) is 46.9 Å². The van der Waals surface area contributed by atoms with Crippen molar-refractivity contribution in [3.8, 4) is 11.1 Å². The first-order chi connectivity index (χ1) is 32.2. The molecule has 3 N–H and O–H groups in total. The molecule has 0 aliphatic carbocycles. The molecule has 4 saturated heterocycles. The molecule has 10 rings (SSSR count). The summed E-state index contributed by atoms with van der Waals surface area (Å²) in [6.45, 7) is 5.39. The number of ketones is 1. The van der Waals surface area contributed by atoms with Gasteiger partial charge < -0.3 is 19.7 Å². The SMILES string of the molecule is O=C1CC[C@H](N2Cc3cc(N4CCC(CN5CCN(c6ccc(-c7cnc8[nH]cc(C(=O)c9c(F)ccc(NS(=O)(=O)N%10CC[C@@H](F)C%10)c9F)c8c7)cc6)CC5)CC4)c(F)cc3C2=O)C(=O)N1. The van der Waals surface area contributed by atoms with E-state index in [-0.39, 0.29) is 49.4 Å². The molecule has 0 radical (unpaired) electrons. The van der Waals surface area contributed by atoms with Crippen molar-refractivity contribution >= 4 is 61.8 Å². The summed E-state index contributed by atoms with van der Waals surface area (Å²) in [7, 11) is -4.37. The average molecular weight is 942 g/mol. The Morgan fingerprint density at radius 3 is 2.31 bits per heavy atom. The molecule has 20 heteroatoms. The first kappa shape index (κ1) is 44.5. The third-order valence-electron chi connectivity index (χ3n) is 13.8. The van der Waals surface area contributed by atoms with Gasteiger partial charge in [-0.05, 0) is 85.2 Å². The molecule has 3 amide bonds. The number of anilines is 3. The van der Waals surface area contributed by atoms with Crippen molar-refractivity contribution in [3.05, 3.63) is 107 Å². The van der Waals surface area contributed by atoms with Crippen LogP contribution < -0.4 is 19.8 Å². The first-order valence-electron chi connectivity index (χ1n) is 22.4. The van der Waals surface area contributed by atoms with E-state index in [0.717, 1.165) is 73.3 Å². The van der Waals surface area contributed by atoms with Crippen molar-refractivity contribution in [1.82, 2.24) is 29.4 Å². The van der Waals surface area contributed by atoms with Gasteiger partial charge in [0.15, 0.2) is 5.82 Å². The zero-order valence-electron chi connectivity index (χ0n) is 36.2. The van der Waals surface area contributed by atoms with E-state index in [1.807, 2.05) is 33.9 Å². The maximum absolute atomic E-state index is 15.8. The van der Waals surface area contributed by atoms with Gasteiger partial charge in [0.05, 0.1) is 16.9 Å². The van der Waals surface area contributed by atoms with Gasteiger partial charge in [-0.25, -0.2) is 22.5 Å². The van der Waals surface area contributed by atoms with Gasteiger partial charge in [-0.15, -0.1) is 0 Å². The van der Waals surface area contributed by atoms with E-state index >= 15 is 13.2 Å². The summed E-state index contributed by atoms with van der Waals surface area (Å²) < 4.78 is 88.6. The van der Waals surface area contributed by atoms with Crippen LogP contribution in [0.25, 0.3) is 22.2 Å². The van der Waals surface area contributed by atoms with Gasteiger partial charge in [-0.3, -0.25) is 34.1 Å². The number of carbonyl (C=O) groups is 4. The molecule has 0 unspecified atom stereocenters. The number of piperidine rings is 2. The number of amides is 3. The molecule has 350 valence electrons. The summed E-state index contributed by atoms with van der Waals surface area (Å²) >= 11 is 0. The van der Waals surface area contributed by atoms with Crippen molar-refractivity contribution in [2.45, 2.75) is 50.9 Å². The number of benzene rings is 3. The van der Waals surface area contributed by atoms with Crippen molar-refractivity contribution < 1.29 is 45.2 Å². The van der Waals surface area contributed by atoms with Crippen LogP contribution in [-0.2, 0) is 26.3 Å². The number of piperazine rings is 1. The monoisotopic (exact) mass is 941 g/mol. The summed E-state index contributed by atoms with van der Waals surface area (Å²) in [5.74, 6) is -4.85. The summed E-state index contributed by atoms with van der Waals surface area (Å²) in [4.78, 5) is 66.6. The molecule has 7 heterocycles. The van der Waals surface area contributed by atoms with Gasteiger partial charge in [-0.1, -0.05) is 12.1 Å². The van der Waals surface area contributed by atoms with Gasteiger partial charge in [-0.2, -0.15) is 12.7 Å². The van der Waals surface area contributed by atoms with Crippen LogP contribution in [0.5, 0.6) is 0 Å². The number of hydrogen-bond acceptors (Lipinski definition) is 10. The van der Waals surface area contributed by atoms with Gasteiger partial charge >= 0.3 is 10.2 Å². The smallest absolute Gasteiger partial charge is 0.301 e. The zero-order valence-corrected chi connectivity index (χ0v) is 37.1. The maximum atomic E-state index is 15.8. The van der Waals surface area contributed by atoms with Gasteiger partial charge in [0.1, 0.15) is 29.5 Å². The highest BCUT2D eigenvalue weighted by molar-refractivity contribution is 7.90. The molecular weight excluding hydrogens is 895 g/mol. The van der Waals surface area contributed by atoms with Crippen LogP contribution in [0.4, 0.5) is 34.6 Å². The van der Waals surface area contributed by atoms with Crippen LogP contribution in [0.1, 0.15) is 63.9 Å². The number of alkyl halides is 1. The quantitative estimate of drug-likeness (QED) is 0.0888. The predicted octanol–water partition coefficient (Wildman–Crippen LogP) is 5.38. The number of fused-ring (bicyclic) bond motifs is 2. The average Bonchev–Trinajstić information content (AvgIpc) is 4.04. The largest absolute Gasteiger partial charge is 0.369 e. The second-order valence-corrected chi connectivity index (χ2v) is 19.6. The lowest BCUT2D eigenvalue weighted by molar-refractivity contribution is -0.136. The van der Waals surface area contributed by atoms with E-state index in [1.165, 1.54) is 17.2 Å². The summed E-state index contributed by atoms with van der Waals surface area (Å²) in [6.07, 6.45) is 3.77. The zero-order chi connectivity index (χ0) is 46.7. The number of carbonyl (C=O) groups excluding carboxylic acids is 4. The number of hydrogen-bond donors (Lipinski definition) is 3. The van der Waals surface area contributed by atoms with Gasteiger partial charge in [0, 0.05) is 112 Å². The molecule has 15 nitrogen and oxygen atoms in total. The topological polar surface area (TPSA) is 171 Å². The van der Waals surface area contributed by atoms with Crippen molar-refractivity contribution in [2.24, 2.45) is 5.92 Å². The van der Waals surface area contributed by atoms with E-state index in [2.05, 4.69) is 25.1 Å². The van der Waals surface area contributed by atoms with Gasteiger partial charge in [0.25, 0.3) is 5.91 Å². The molecule has 5 aromatic rings. The minimum absolute atomic E-state index is 0.00387. The lowest BCUT2D eigenvalue weighted by Crippen LogP contribution is -2.52. The van der Waals surface area contributed by atoms with E-state index < -0.39 is 75.3 Å². The molecule has 0 spiro atoms. The highest BCUT2D eigenvalue weighted by atomic mass is 32.2. The molecule has 0 saturated carbocycles. The van der Waals surface area contributed by atoms with Crippen LogP contribution in [0.15, 0.2) is 67.0 Å². The third-order valence-corrected chi connectivity index (χ3v) is 15.3. The second kappa shape index (κ2) is 17.7. The molecule has 2 atom stereocenters. The fraction of sp³-hybridized carbons (Fsp3) is 0.383. The second-order valence-electron chi connectivity index (χ2n) is 17.9. The standard InChI is InChI=1S/C47H47F4N9O6S/c48-31-11-14-59(26-31)67(65,66)55-38-6-5-36(49)42(43(38)51)44(62)35-23-53-45-34(35)19-29(22-52-45)28-1-3-32(4-2-28)57-17-15-56(16-18-57)24-27-9-12-58(13-10-27)40-20-30-25-60(47(64)33(30)21-37(40)50)39-7-8-41(61)54-46(39)63/h1-6,19-23,27,31,39,55H,7-18,24-26H2,(H,52,53)(H,54,61,63)/t31-,39+/m1/s1. The lowest BCUT2D eigenvalue weighted by Gasteiger charge is -2.40. The molecule has 2 aromatic heterocycles. The van der Waals surface area contributed by atoms with Crippen molar-refractivity contribution in [3.63, 3.8) is 0 Å². The van der Waals surface area contributed by atoms with Crippen LogP contribution in [0.3, 0.4) is 0 Å². The molecule has 4 fully saturated rings. The Morgan fingerprint density at radius 2 is 1.60 bits per heavy atom. The van der Waals surface area contributed by atoms with Crippen molar-refractivity contribution in [2.75, 3.05) is 73.4 Å². The molecule has 3 aromatic carbocycles. The molecule has 5 aliphatic heterocycles. The van der Waals surface area contributed by atoms with Gasteiger partial charge in [0.2, 0.25) is 17.6 Å². The lowest BCUT2D eigenvalue weighted by atomic mass is 9.95. The fourth-order valence-electron chi connectivity index (χ4n) is 10.0. The van der Waals surface area contributed by atoms with E-state index in [4.69, 9.17) is 0 Å². The van der Waals surface area contributed by atoms with Crippen LogP contribution in [0.2, 0.25) is 0 Å². The minimum Gasteiger partial charge on any atom is -0.369 e. The maximum Gasteiger partial charge on any atom is 0.301 e. The Morgan fingerprint density at radius 1 is 0.836 bits per heavy atom. The number of nitrogens with one attached hydrogen (secondary N) is 3. The number of aromatic amines is 1. The molecule has 67 heavy (non-hydrogen) atoms. The number of nitrogens with zero attached hydrogens (tertiary/aromatic N) is 6. The predicted molar refractivity (Wildman–Crippen MR) is 241 cm³/mol. The molecule has 0 bridgehead atoms. The van der Waals surface area contributed by atoms with Crippen LogP contribution >= 0.6 is 0 Å². The van der Waals surface area contributed by atoms with Crippen molar-refractivity contribution in [1.29, 1.82) is 0 Å². The minimum atomic E-state index is -4.37. The number of aromatic nitrogens is 2. The number of pyridine rings is 1. The Labute approximate surface area is 383 Å². The summed E-state index contributed by atoms with van der Waals surface area (Å²) in [6, 6.07) is 13.6. The Balaban J connectivity index is 0.735. The van der Waals surface area contributed by atoms with E-state index in [9.17, 15) is 32.0 Å². The fourth-order valence-corrected chi connectivity index (χ4v) is 11.3. The molecule has 5 aliphatic rings. The highest BCUT2D eigenvalue weighted by Crippen LogP contribution is 2.36. The highest BCUT2D eigenvalue weighted by Gasteiger charge is 2.40. The van der Waals surface area contributed by atoms with Crippen LogP contribution in [0, 0.1) is 23.4 Å². The molecular formula is C47H47F4N9O6S. The normalized spacial score (nSPS) is 21.1. The third kappa shape index (κ3) is 8.61.